The Morgan fingerprint density at radius 3 is 2.38 bits per heavy atom. The summed E-state index contributed by atoms with van der Waals surface area (Å²) in [6.45, 7) is 16.5. The van der Waals surface area contributed by atoms with Crippen LogP contribution >= 0.6 is 0 Å². The fraction of sp³-hybridized carbons (Fsp3) is 0.667. The van der Waals surface area contributed by atoms with Crippen molar-refractivity contribution in [3.05, 3.63) is 35.4 Å². The number of benzene rings is 1. The summed E-state index contributed by atoms with van der Waals surface area (Å²) in [5.74, 6) is 0.854. The van der Waals surface area contributed by atoms with Crippen LogP contribution in [-0.4, -0.2) is 62.8 Å². The molecule has 5 heteroatoms. The molecule has 0 saturated carbocycles. The van der Waals surface area contributed by atoms with Crippen LogP contribution in [0.25, 0.3) is 0 Å². The van der Waals surface area contributed by atoms with Gasteiger partial charge >= 0.3 is 0 Å². The first-order chi connectivity index (χ1) is 12.2. The van der Waals surface area contributed by atoms with E-state index < -0.39 is 0 Å². The van der Waals surface area contributed by atoms with Crippen molar-refractivity contribution in [3.63, 3.8) is 0 Å². The fourth-order valence-electron chi connectivity index (χ4n) is 3.27. The smallest absolute Gasteiger partial charge is 0.191 e. The van der Waals surface area contributed by atoms with Crippen LogP contribution in [-0.2, 0) is 10.2 Å². The van der Waals surface area contributed by atoms with Gasteiger partial charge < -0.3 is 15.4 Å². The topological polar surface area (TPSA) is 48.9 Å². The van der Waals surface area contributed by atoms with Crippen molar-refractivity contribution in [1.82, 2.24) is 15.5 Å². The average Bonchev–Trinajstić information content (AvgIpc) is 2.62. The zero-order valence-electron chi connectivity index (χ0n) is 17.4. The summed E-state index contributed by atoms with van der Waals surface area (Å²) in [7, 11) is 1.83. The number of hydrogen-bond acceptors (Lipinski definition) is 3. The summed E-state index contributed by atoms with van der Waals surface area (Å²) in [6, 6.07) is 8.73. The Bertz CT molecular complexity index is 604. The lowest BCUT2D eigenvalue weighted by molar-refractivity contribution is -0.00834. The monoisotopic (exact) mass is 360 g/mol. The first-order valence-electron chi connectivity index (χ1n) is 9.59. The maximum Gasteiger partial charge on any atom is 0.191 e. The molecule has 0 bridgehead atoms. The molecule has 5 nitrogen and oxygen atoms in total. The molecule has 0 amide bonds. The number of hydrogen-bond donors (Lipinski definition) is 2. The van der Waals surface area contributed by atoms with Crippen LogP contribution in [0.15, 0.2) is 29.3 Å². The molecule has 2 rings (SSSR count). The summed E-state index contributed by atoms with van der Waals surface area (Å²) in [6.07, 6.45) is 0. The molecule has 2 N–H and O–H groups in total. The van der Waals surface area contributed by atoms with Crippen LogP contribution in [0.5, 0.6) is 0 Å². The highest BCUT2D eigenvalue weighted by atomic mass is 16.5. The predicted octanol–water partition coefficient (Wildman–Crippen LogP) is 2.55. The zero-order valence-corrected chi connectivity index (χ0v) is 17.4. The molecule has 1 aromatic carbocycles. The summed E-state index contributed by atoms with van der Waals surface area (Å²) in [4.78, 5) is 6.88. The standard InChI is InChI=1S/C21H36N4O/c1-17-8-7-9-18(14-17)20(2,3)15-23-19(22-6)24-16-21(4,5)25-10-12-26-13-11-25/h7-9,14H,10-13,15-16H2,1-6H3,(H2,22,23,24). The van der Waals surface area contributed by atoms with Crippen molar-refractivity contribution >= 4 is 5.96 Å². The Morgan fingerprint density at radius 1 is 1.12 bits per heavy atom. The number of ether oxygens (including phenoxy) is 1. The molecule has 0 aliphatic carbocycles. The van der Waals surface area contributed by atoms with E-state index in [2.05, 4.69) is 79.4 Å². The third kappa shape index (κ3) is 5.71. The lowest BCUT2D eigenvalue weighted by Crippen LogP contribution is -2.57. The Kier molecular flexibility index (Phi) is 7.07. The van der Waals surface area contributed by atoms with Crippen LogP contribution in [0, 0.1) is 6.92 Å². The molecular weight excluding hydrogens is 324 g/mol. The second-order valence-corrected chi connectivity index (χ2v) is 8.44. The van der Waals surface area contributed by atoms with E-state index in [9.17, 15) is 0 Å². The van der Waals surface area contributed by atoms with Crippen LogP contribution in [0.4, 0.5) is 0 Å². The maximum absolute atomic E-state index is 5.47. The lowest BCUT2D eigenvalue weighted by Gasteiger charge is -2.41. The average molecular weight is 361 g/mol. The third-order valence-electron chi connectivity index (χ3n) is 5.28. The van der Waals surface area contributed by atoms with Gasteiger partial charge in [0.25, 0.3) is 0 Å². The van der Waals surface area contributed by atoms with E-state index in [4.69, 9.17) is 4.74 Å². The molecule has 1 aliphatic heterocycles. The Hall–Kier alpha value is -1.59. The van der Waals surface area contributed by atoms with Gasteiger partial charge in [0.2, 0.25) is 0 Å². The second-order valence-electron chi connectivity index (χ2n) is 8.44. The molecule has 0 radical (unpaired) electrons. The lowest BCUT2D eigenvalue weighted by atomic mass is 9.84. The molecular formula is C21H36N4O. The van der Waals surface area contributed by atoms with Gasteiger partial charge in [-0.3, -0.25) is 9.89 Å². The molecule has 1 aromatic rings. The Morgan fingerprint density at radius 2 is 1.77 bits per heavy atom. The van der Waals surface area contributed by atoms with Gasteiger partial charge in [0.15, 0.2) is 5.96 Å². The highest BCUT2D eigenvalue weighted by Gasteiger charge is 2.28. The zero-order chi connectivity index (χ0) is 19.2. The van der Waals surface area contributed by atoms with Crippen molar-refractivity contribution < 1.29 is 4.74 Å². The summed E-state index contributed by atoms with van der Waals surface area (Å²) in [5.41, 5.74) is 2.73. The van der Waals surface area contributed by atoms with Gasteiger partial charge in [-0.05, 0) is 26.3 Å². The van der Waals surface area contributed by atoms with E-state index in [1.54, 1.807) is 0 Å². The SMILES string of the molecule is CN=C(NCC(C)(C)c1cccc(C)c1)NCC(C)(C)N1CCOCC1. The van der Waals surface area contributed by atoms with E-state index in [-0.39, 0.29) is 11.0 Å². The highest BCUT2D eigenvalue weighted by Crippen LogP contribution is 2.23. The van der Waals surface area contributed by atoms with Crippen LogP contribution in [0.2, 0.25) is 0 Å². The Labute approximate surface area is 159 Å². The number of aliphatic imine (C=N–C) groups is 1. The number of guanidine groups is 1. The molecule has 146 valence electrons. The number of aryl methyl sites for hydroxylation is 1. The van der Waals surface area contributed by atoms with Gasteiger partial charge in [-0.15, -0.1) is 0 Å². The molecule has 0 spiro atoms. The molecule has 1 aliphatic rings. The van der Waals surface area contributed by atoms with Gasteiger partial charge in [0, 0.05) is 44.2 Å². The van der Waals surface area contributed by atoms with E-state index in [1.807, 2.05) is 7.05 Å². The number of nitrogens with zero attached hydrogens (tertiary/aromatic N) is 2. The summed E-state index contributed by atoms with van der Waals surface area (Å²) < 4.78 is 5.47. The maximum atomic E-state index is 5.47. The van der Waals surface area contributed by atoms with Crippen LogP contribution < -0.4 is 10.6 Å². The van der Waals surface area contributed by atoms with E-state index in [0.29, 0.717) is 0 Å². The predicted molar refractivity (Wildman–Crippen MR) is 110 cm³/mol. The van der Waals surface area contributed by atoms with E-state index >= 15 is 0 Å². The molecule has 0 unspecified atom stereocenters. The van der Waals surface area contributed by atoms with Gasteiger partial charge in [-0.2, -0.15) is 0 Å². The van der Waals surface area contributed by atoms with Crippen molar-refractivity contribution in [2.45, 2.75) is 45.6 Å². The minimum absolute atomic E-state index is 0.0311. The van der Waals surface area contributed by atoms with Gasteiger partial charge in [0.1, 0.15) is 0 Å². The van der Waals surface area contributed by atoms with Crippen molar-refractivity contribution in [3.8, 4) is 0 Å². The number of nitrogens with one attached hydrogen (secondary N) is 2. The molecule has 1 fully saturated rings. The quantitative estimate of drug-likeness (QED) is 0.605. The van der Waals surface area contributed by atoms with E-state index in [1.165, 1.54) is 11.1 Å². The summed E-state index contributed by atoms with van der Waals surface area (Å²) in [5, 5.41) is 7.00. The highest BCUT2D eigenvalue weighted by molar-refractivity contribution is 5.79. The van der Waals surface area contributed by atoms with Gasteiger partial charge in [-0.25, -0.2) is 0 Å². The number of morpholine rings is 1. The minimum Gasteiger partial charge on any atom is -0.379 e. The normalized spacial score (nSPS) is 17.2. The van der Waals surface area contributed by atoms with E-state index in [0.717, 1.165) is 45.4 Å². The van der Waals surface area contributed by atoms with Crippen molar-refractivity contribution in [2.75, 3.05) is 46.4 Å². The first-order valence-corrected chi connectivity index (χ1v) is 9.59. The van der Waals surface area contributed by atoms with Crippen LogP contribution in [0.1, 0.15) is 38.8 Å². The molecule has 0 atom stereocenters. The first kappa shape index (κ1) is 20.7. The van der Waals surface area contributed by atoms with Gasteiger partial charge in [-0.1, -0.05) is 43.7 Å². The van der Waals surface area contributed by atoms with Gasteiger partial charge in [0.05, 0.1) is 13.2 Å². The third-order valence-corrected chi connectivity index (χ3v) is 5.28. The molecule has 1 heterocycles. The fourth-order valence-corrected chi connectivity index (χ4v) is 3.27. The Balaban J connectivity index is 1.89. The molecule has 1 saturated heterocycles. The minimum atomic E-state index is 0.0311. The largest absolute Gasteiger partial charge is 0.379 e. The number of rotatable bonds is 6. The molecule has 26 heavy (non-hydrogen) atoms. The second kappa shape index (κ2) is 8.87. The molecule has 0 aromatic heterocycles. The summed E-state index contributed by atoms with van der Waals surface area (Å²) >= 11 is 0. The van der Waals surface area contributed by atoms with Crippen molar-refractivity contribution in [1.29, 1.82) is 0 Å². The van der Waals surface area contributed by atoms with Crippen LogP contribution in [0.3, 0.4) is 0 Å². The van der Waals surface area contributed by atoms with Crippen molar-refractivity contribution in [2.24, 2.45) is 4.99 Å².